The Labute approximate surface area is 455 Å². The molecule has 0 atom stereocenters. The molecule has 4 heteroatoms. The average Bonchev–Trinajstić information content (AvgIpc) is 3.43. The third-order valence-electron chi connectivity index (χ3n) is 15.2. The van der Waals surface area contributed by atoms with Crippen molar-refractivity contribution in [3.8, 4) is 33.8 Å². The van der Waals surface area contributed by atoms with Crippen molar-refractivity contribution < 1.29 is 9.47 Å². The van der Waals surface area contributed by atoms with E-state index in [2.05, 4.69) is 121 Å². The molecule has 0 unspecified atom stereocenters. The number of hydrogen-bond acceptors (Lipinski definition) is 4. The van der Waals surface area contributed by atoms with Crippen LogP contribution < -0.4 is 9.47 Å². The van der Waals surface area contributed by atoms with Crippen LogP contribution in [-0.4, -0.2) is 25.6 Å². The molecule has 0 aliphatic rings. The summed E-state index contributed by atoms with van der Waals surface area (Å²) in [6.45, 7) is 6.19. The average molecular weight is 1010 g/mol. The molecule has 0 heterocycles. The zero-order valence-electron chi connectivity index (χ0n) is 47.8. The number of unbranched alkanes of at least 4 members (excludes halogenated alkanes) is 38. The molecule has 410 valence electrons. The third kappa shape index (κ3) is 32.3. The fraction of sp³-hybridized carbons (Fsp3) is 0.629. The number of ether oxygens (including phenoxy) is 2. The van der Waals surface area contributed by atoms with Gasteiger partial charge in [-0.3, -0.25) is 0 Å². The fourth-order valence-corrected chi connectivity index (χ4v) is 10.3. The Hall–Kier alpha value is -4.18. The maximum atomic E-state index is 6.08. The summed E-state index contributed by atoms with van der Waals surface area (Å²) < 4.78 is 12.2. The molecule has 0 radical (unpaired) electrons. The van der Waals surface area contributed by atoms with E-state index in [0.29, 0.717) is 0 Å². The summed E-state index contributed by atoms with van der Waals surface area (Å²) in [4.78, 5) is 0. The van der Waals surface area contributed by atoms with Crippen LogP contribution in [0.25, 0.3) is 22.3 Å². The van der Waals surface area contributed by atoms with Crippen LogP contribution in [0, 0.1) is 0 Å². The van der Waals surface area contributed by atoms with Gasteiger partial charge in [-0.1, -0.05) is 331 Å². The second-order valence-corrected chi connectivity index (χ2v) is 21.9. The lowest BCUT2D eigenvalue weighted by Gasteiger charge is -2.08. The van der Waals surface area contributed by atoms with E-state index in [9.17, 15) is 0 Å². The third-order valence-corrected chi connectivity index (χ3v) is 15.2. The number of rotatable bonds is 49. The zero-order valence-corrected chi connectivity index (χ0v) is 47.8. The summed E-state index contributed by atoms with van der Waals surface area (Å²) in [5.41, 5.74) is 6.75. The van der Waals surface area contributed by atoms with Gasteiger partial charge in [0.25, 0.3) is 0 Å². The maximum Gasteiger partial charge on any atom is 0.119 e. The fourth-order valence-electron chi connectivity index (χ4n) is 10.3. The second kappa shape index (κ2) is 45.1. The largest absolute Gasteiger partial charge is 0.494 e. The first-order valence-electron chi connectivity index (χ1n) is 31.5. The van der Waals surface area contributed by atoms with E-state index in [1.165, 1.54) is 266 Å². The zero-order chi connectivity index (χ0) is 51.9. The van der Waals surface area contributed by atoms with Crippen molar-refractivity contribution >= 4 is 12.4 Å². The van der Waals surface area contributed by atoms with Crippen molar-refractivity contribution in [2.24, 2.45) is 10.2 Å². The predicted molar refractivity (Wildman–Crippen MR) is 326 cm³/mol. The minimum atomic E-state index is 0.796. The molecule has 0 spiro atoms. The molecule has 0 N–H and O–H groups in total. The topological polar surface area (TPSA) is 43.2 Å². The van der Waals surface area contributed by atoms with Gasteiger partial charge >= 0.3 is 0 Å². The van der Waals surface area contributed by atoms with Crippen LogP contribution in [0.2, 0.25) is 0 Å². The molecule has 0 saturated heterocycles. The molecule has 74 heavy (non-hydrogen) atoms. The monoisotopic (exact) mass is 1010 g/mol. The van der Waals surface area contributed by atoms with E-state index >= 15 is 0 Å². The van der Waals surface area contributed by atoms with E-state index in [-0.39, 0.29) is 0 Å². The maximum absolute atomic E-state index is 6.08. The van der Waals surface area contributed by atoms with Gasteiger partial charge in [-0.25, -0.2) is 0 Å². The van der Waals surface area contributed by atoms with Gasteiger partial charge in [-0.05, 0) is 70.5 Å². The molecule has 4 nitrogen and oxygen atoms in total. The SMILES string of the molecule is CCCCCCCCCCCCCCCCCCCCCCOc1ccc(-c2ccc(/C=N/N=C/c3ccc(-c4ccc(OCCCCCCCCCCCCCCCCCCCCCC)cc4)cc3)cc2)cc1. The highest BCUT2D eigenvalue weighted by Gasteiger charge is 2.03. The Morgan fingerprint density at radius 3 is 0.649 bits per heavy atom. The lowest BCUT2D eigenvalue weighted by atomic mass is 10.0. The van der Waals surface area contributed by atoms with Crippen molar-refractivity contribution in [2.45, 2.75) is 271 Å². The predicted octanol–water partition coefficient (Wildman–Crippen LogP) is 22.9. The Morgan fingerprint density at radius 1 is 0.243 bits per heavy atom. The minimum Gasteiger partial charge on any atom is -0.494 e. The molecular formula is C70H108N2O2. The van der Waals surface area contributed by atoms with E-state index < -0.39 is 0 Å². The lowest BCUT2D eigenvalue weighted by molar-refractivity contribution is 0.304. The first-order valence-corrected chi connectivity index (χ1v) is 31.5. The molecule has 4 aromatic rings. The Balaban J connectivity index is 0.946. The molecule has 0 aliphatic heterocycles. The van der Waals surface area contributed by atoms with Crippen molar-refractivity contribution in [3.05, 3.63) is 108 Å². The van der Waals surface area contributed by atoms with Crippen LogP contribution in [0.4, 0.5) is 0 Å². The normalized spacial score (nSPS) is 11.6. The quantitative estimate of drug-likeness (QED) is 0.0251. The highest BCUT2D eigenvalue weighted by Crippen LogP contribution is 2.25. The van der Waals surface area contributed by atoms with Gasteiger partial charge in [0, 0.05) is 0 Å². The molecular weight excluding hydrogens is 901 g/mol. The molecule has 0 bridgehead atoms. The van der Waals surface area contributed by atoms with Gasteiger partial charge in [0.15, 0.2) is 0 Å². The van der Waals surface area contributed by atoms with E-state index in [1.807, 2.05) is 0 Å². The van der Waals surface area contributed by atoms with Crippen molar-refractivity contribution in [2.75, 3.05) is 13.2 Å². The van der Waals surface area contributed by atoms with Gasteiger partial charge in [0.05, 0.1) is 25.6 Å². The number of nitrogens with zero attached hydrogens (tertiary/aromatic N) is 2. The molecule has 0 fully saturated rings. The van der Waals surface area contributed by atoms with Gasteiger partial charge in [0.2, 0.25) is 0 Å². The van der Waals surface area contributed by atoms with Gasteiger partial charge in [-0.15, -0.1) is 0 Å². The van der Waals surface area contributed by atoms with Crippen LogP contribution in [0.3, 0.4) is 0 Å². The highest BCUT2D eigenvalue weighted by molar-refractivity contribution is 5.84. The molecule has 0 amide bonds. The van der Waals surface area contributed by atoms with Crippen LogP contribution in [0.15, 0.2) is 107 Å². The smallest absolute Gasteiger partial charge is 0.119 e. The Kier molecular flexibility index (Phi) is 38.0. The lowest BCUT2D eigenvalue weighted by Crippen LogP contribution is -1.97. The molecule has 0 aliphatic carbocycles. The van der Waals surface area contributed by atoms with Crippen LogP contribution >= 0.6 is 0 Å². The van der Waals surface area contributed by atoms with E-state index in [4.69, 9.17) is 9.47 Å². The van der Waals surface area contributed by atoms with Crippen molar-refractivity contribution in [1.82, 2.24) is 0 Å². The van der Waals surface area contributed by atoms with Crippen LogP contribution in [0.5, 0.6) is 11.5 Å². The Morgan fingerprint density at radius 2 is 0.432 bits per heavy atom. The molecule has 0 saturated carbocycles. The summed E-state index contributed by atoms with van der Waals surface area (Å²) in [7, 11) is 0. The van der Waals surface area contributed by atoms with E-state index in [0.717, 1.165) is 48.7 Å². The Bertz CT molecular complexity index is 1760. The van der Waals surface area contributed by atoms with Gasteiger partial charge in [0.1, 0.15) is 11.5 Å². The first kappa shape index (κ1) is 62.4. The molecule has 4 rings (SSSR count). The number of benzene rings is 4. The summed E-state index contributed by atoms with van der Waals surface area (Å²) in [6.07, 6.45) is 59.8. The summed E-state index contributed by atoms with van der Waals surface area (Å²) in [5, 5.41) is 8.65. The van der Waals surface area contributed by atoms with Crippen LogP contribution in [0.1, 0.15) is 282 Å². The standard InChI is InChI=1S/C70H108N2O2/c1-3-5-7-9-11-13-15-17-19-21-23-25-27-29-31-33-35-37-39-41-59-73-69-55-51-67(52-56-69)65-47-43-63(44-48-65)61-71-72-62-64-45-49-66(50-46-64)68-53-57-70(58-54-68)74-60-42-40-38-36-34-32-30-28-26-24-22-20-18-16-14-12-10-8-6-4-2/h43-58,61-62H,3-42,59-60H2,1-2H3/b71-61+,72-62+. The highest BCUT2D eigenvalue weighted by atomic mass is 16.5. The first-order chi connectivity index (χ1) is 36.7. The summed E-state index contributed by atoms with van der Waals surface area (Å²) in [5.74, 6) is 1.90. The summed E-state index contributed by atoms with van der Waals surface area (Å²) >= 11 is 0. The van der Waals surface area contributed by atoms with Crippen molar-refractivity contribution in [3.63, 3.8) is 0 Å². The van der Waals surface area contributed by atoms with Gasteiger partial charge < -0.3 is 9.47 Å². The second-order valence-electron chi connectivity index (χ2n) is 21.9. The number of hydrogen-bond donors (Lipinski definition) is 0. The van der Waals surface area contributed by atoms with E-state index in [1.54, 1.807) is 12.4 Å². The summed E-state index contributed by atoms with van der Waals surface area (Å²) in [6, 6.07) is 33.9. The van der Waals surface area contributed by atoms with Crippen molar-refractivity contribution in [1.29, 1.82) is 0 Å². The minimum absolute atomic E-state index is 0.796. The molecule has 4 aromatic carbocycles. The molecule has 0 aromatic heterocycles. The van der Waals surface area contributed by atoms with Crippen LogP contribution in [-0.2, 0) is 0 Å². The van der Waals surface area contributed by atoms with Gasteiger partial charge in [-0.2, -0.15) is 10.2 Å².